The zero-order chi connectivity index (χ0) is 22.3. The molecule has 17 nitrogen and oxygen atoms in total. The van der Waals surface area contributed by atoms with Gasteiger partial charge in [-0.1, -0.05) is 0 Å². The molecule has 0 spiro atoms. The second kappa shape index (κ2) is 8.59. The van der Waals surface area contributed by atoms with Gasteiger partial charge >= 0.3 is 23.9 Å². The van der Waals surface area contributed by atoms with Crippen LogP contribution in [0.2, 0.25) is 0 Å². The van der Waals surface area contributed by atoms with E-state index in [1.165, 1.54) is 10.9 Å². The largest absolute Gasteiger partial charge is 0.708 e. The van der Waals surface area contributed by atoms with Gasteiger partial charge in [0.2, 0.25) is 0 Å². The topological polar surface area (TPSA) is 259 Å². The number of nitrogen functional groups attached to an aromatic ring is 1. The van der Waals surface area contributed by atoms with Crippen molar-refractivity contribution in [1.82, 2.24) is 19.5 Å². The van der Waals surface area contributed by atoms with Crippen LogP contribution >= 0.6 is 23.9 Å². The van der Waals surface area contributed by atoms with Crippen molar-refractivity contribution in [1.29, 1.82) is 0 Å². The number of aromatic nitrogens is 4. The van der Waals surface area contributed by atoms with Gasteiger partial charge in [-0.05, 0) is 4.31 Å². The average Bonchev–Trinajstić information content (AvgIpc) is 3.14. The number of aliphatic hydroxyl groups excluding tert-OH is 2. The molecule has 1 fully saturated rings. The Bertz CT molecular complexity index is 1040. The van der Waals surface area contributed by atoms with Gasteiger partial charge in [0.25, 0.3) is 0 Å². The van der Waals surface area contributed by atoms with Crippen LogP contribution in [-0.4, -0.2) is 69.3 Å². The smallest absolute Gasteiger partial charge is 0.387 e. The van der Waals surface area contributed by atoms with Crippen molar-refractivity contribution in [3.05, 3.63) is 12.7 Å². The lowest BCUT2D eigenvalue weighted by Crippen LogP contribution is -2.33. The van der Waals surface area contributed by atoms with E-state index >= 15 is 0 Å². The summed E-state index contributed by atoms with van der Waals surface area (Å²) in [6.45, 7) is -0.705. The summed E-state index contributed by atoms with van der Waals surface area (Å²) in [5.41, 5.74) is 6.10. The van der Waals surface area contributed by atoms with E-state index in [2.05, 4.69) is 28.1 Å². The summed E-state index contributed by atoms with van der Waals surface area (Å²) in [6, 6.07) is 0. The highest BCUT2D eigenvalue weighted by Crippen LogP contribution is 2.61. The molecule has 0 amide bonds. The SMILES string of the molecule is Nc1ncnc2c1ncn2[C@@H]1O[C@H](CO[P+](=O)OP(=O)(O)OP(=O)(O)O)C(O)C1O. The van der Waals surface area contributed by atoms with Gasteiger partial charge in [-0.2, -0.15) is 4.31 Å². The monoisotopic (exact) mass is 490 g/mol. The van der Waals surface area contributed by atoms with Gasteiger partial charge in [-0.15, -0.1) is 4.52 Å². The van der Waals surface area contributed by atoms with Crippen LogP contribution in [0.5, 0.6) is 0 Å². The maximum atomic E-state index is 11.6. The van der Waals surface area contributed by atoms with Gasteiger partial charge in [0.15, 0.2) is 17.7 Å². The molecule has 1 saturated heterocycles. The molecule has 1 aliphatic heterocycles. The van der Waals surface area contributed by atoms with E-state index in [4.69, 9.17) is 25.2 Å². The molecular weight excluding hydrogens is 475 g/mol. The average molecular weight is 490 g/mol. The summed E-state index contributed by atoms with van der Waals surface area (Å²) in [4.78, 5) is 37.8. The molecule has 4 unspecified atom stereocenters. The Morgan fingerprint density at radius 2 is 1.90 bits per heavy atom. The molecule has 2 aromatic rings. The van der Waals surface area contributed by atoms with Crippen LogP contribution in [0.15, 0.2) is 12.7 Å². The summed E-state index contributed by atoms with van der Waals surface area (Å²) in [7, 11) is -14.2. The number of nitrogens with zero attached hydrogens (tertiary/aromatic N) is 4. The number of rotatable bonds is 8. The maximum Gasteiger partial charge on any atom is 0.708 e. The van der Waals surface area contributed by atoms with E-state index in [-0.39, 0.29) is 17.0 Å². The van der Waals surface area contributed by atoms with E-state index < -0.39 is 55.0 Å². The molecule has 0 aromatic carbocycles. The number of aliphatic hydroxyl groups is 2. The summed E-state index contributed by atoms with van der Waals surface area (Å²) < 4.78 is 52.2. The predicted molar refractivity (Wildman–Crippen MR) is 93.3 cm³/mol. The van der Waals surface area contributed by atoms with Crippen molar-refractivity contribution in [2.75, 3.05) is 12.3 Å². The molecule has 166 valence electrons. The third kappa shape index (κ3) is 5.23. The van der Waals surface area contributed by atoms with Crippen molar-refractivity contribution in [2.45, 2.75) is 24.5 Å². The number of nitrogens with two attached hydrogens (primary N) is 1. The lowest BCUT2D eigenvalue weighted by molar-refractivity contribution is -0.0476. The Labute approximate surface area is 167 Å². The zero-order valence-corrected chi connectivity index (χ0v) is 17.2. The highest BCUT2D eigenvalue weighted by molar-refractivity contribution is 7.64. The van der Waals surface area contributed by atoms with E-state index in [0.717, 1.165) is 6.33 Å². The lowest BCUT2D eigenvalue weighted by Gasteiger charge is -2.16. The van der Waals surface area contributed by atoms with Crippen LogP contribution < -0.4 is 5.73 Å². The minimum absolute atomic E-state index is 0.0757. The number of ether oxygens (including phenoxy) is 1. The predicted octanol–water partition coefficient (Wildman–Crippen LogP) is -1.07. The second-order valence-corrected chi connectivity index (χ2v) is 9.70. The van der Waals surface area contributed by atoms with Crippen molar-refractivity contribution in [3.63, 3.8) is 0 Å². The Morgan fingerprint density at radius 1 is 1.20 bits per heavy atom. The van der Waals surface area contributed by atoms with Gasteiger partial charge in [0.1, 0.15) is 36.8 Å². The molecule has 0 bridgehead atoms. The lowest BCUT2D eigenvalue weighted by atomic mass is 10.1. The Kier molecular flexibility index (Phi) is 6.65. The van der Waals surface area contributed by atoms with E-state index in [9.17, 15) is 23.9 Å². The molecular formula is C10H15N5O12P3+. The van der Waals surface area contributed by atoms with Gasteiger partial charge < -0.3 is 30.5 Å². The minimum atomic E-state index is -5.41. The molecule has 1 aliphatic rings. The third-order valence-electron chi connectivity index (χ3n) is 3.72. The first-order valence-corrected chi connectivity index (χ1v) is 11.8. The minimum Gasteiger partial charge on any atom is -0.387 e. The molecule has 0 aliphatic carbocycles. The normalized spacial score (nSPS) is 27.3. The number of hydrogen-bond donors (Lipinski definition) is 6. The first-order valence-electron chi connectivity index (χ1n) is 7.72. The standard InChI is InChI=1S/C10H14N5O12P3/c11-8-5-9(13-2-12-8)15(3-14-5)10-7(17)6(16)4(25-10)1-24-28(18)26-30(22,23)27-29(19,20)21/h2-4,6-7,10,16-17H,1H2,(H4-,11,12,13,19,20,21,22,23)/p+1/t4-,6?,7?,10-/m1/s1. The highest BCUT2D eigenvalue weighted by atomic mass is 31.3. The summed E-state index contributed by atoms with van der Waals surface area (Å²) in [5, 5.41) is 20.4. The van der Waals surface area contributed by atoms with Crippen LogP contribution in [0.25, 0.3) is 11.2 Å². The second-order valence-electron chi connectivity index (χ2n) is 5.77. The first kappa shape index (κ1) is 23.2. The fourth-order valence-electron chi connectivity index (χ4n) is 2.54. The zero-order valence-electron chi connectivity index (χ0n) is 14.5. The van der Waals surface area contributed by atoms with E-state index in [1.807, 2.05) is 0 Å². The summed E-state index contributed by atoms with van der Waals surface area (Å²) in [6.07, 6.45) is -3.15. The van der Waals surface area contributed by atoms with Gasteiger partial charge in [-0.3, -0.25) is 9.46 Å². The molecule has 3 rings (SSSR count). The van der Waals surface area contributed by atoms with Crippen LogP contribution in [0.1, 0.15) is 6.23 Å². The van der Waals surface area contributed by atoms with Gasteiger partial charge in [0, 0.05) is 4.57 Å². The Morgan fingerprint density at radius 3 is 2.57 bits per heavy atom. The molecule has 6 atom stereocenters. The first-order chi connectivity index (χ1) is 13.9. The molecule has 0 saturated carbocycles. The number of anilines is 1. The molecule has 30 heavy (non-hydrogen) atoms. The molecule has 3 heterocycles. The Balaban J connectivity index is 1.64. The van der Waals surface area contributed by atoms with Crippen LogP contribution in [0.4, 0.5) is 5.82 Å². The van der Waals surface area contributed by atoms with Crippen LogP contribution in [0.3, 0.4) is 0 Å². The van der Waals surface area contributed by atoms with Crippen molar-refractivity contribution < 1.29 is 56.5 Å². The highest BCUT2D eigenvalue weighted by Gasteiger charge is 2.48. The fraction of sp³-hybridized carbons (Fsp3) is 0.500. The third-order valence-corrected chi connectivity index (χ3v) is 7.12. The van der Waals surface area contributed by atoms with Crippen LogP contribution in [0, 0.1) is 0 Å². The van der Waals surface area contributed by atoms with E-state index in [1.54, 1.807) is 0 Å². The van der Waals surface area contributed by atoms with Gasteiger partial charge in [0.05, 0.1) is 6.33 Å². The molecule has 0 radical (unpaired) electrons. The quantitative estimate of drug-likeness (QED) is 0.241. The van der Waals surface area contributed by atoms with Crippen LogP contribution in [-0.2, 0) is 31.6 Å². The summed E-state index contributed by atoms with van der Waals surface area (Å²) in [5.74, 6) is 0.0757. The van der Waals surface area contributed by atoms with Crippen molar-refractivity contribution >= 4 is 40.9 Å². The van der Waals surface area contributed by atoms with E-state index in [0.29, 0.717) is 0 Å². The maximum absolute atomic E-state index is 11.6. The van der Waals surface area contributed by atoms with Crippen molar-refractivity contribution in [3.8, 4) is 0 Å². The fourth-order valence-corrected chi connectivity index (χ4v) is 5.14. The molecule has 20 heteroatoms. The Hall–Kier alpha value is -1.45. The summed E-state index contributed by atoms with van der Waals surface area (Å²) >= 11 is 0. The molecule has 2 aromatic heterocycles. The van der Waals surface area contributed by atoms with Crippen molar-refractivity contribution in [2.24, 2.45) is 0 Å². The number of phosphoric acid groups is 2. The molecule has 7 N–H and O–H groups in total. The number of hydrogen-bond acceptors (Lipinski definition) is 13. The number of fused-ring (bicyclic) bond motifs is 1. The number of imidazole rings is 1. The van der Waals surface area contributed by atoms with Gasteiger partial charge in [-0.25, -0.2) is 24.1 Å².